The van der Waals surface area contributed by atoms with Crippen molar-refractivity contribution in [2.45, 2.75) is 38.2 Å². The molecule has 1 aromatic rings. The lowest BCUT2D eigenvalue weighted by molar-refractivity contribution is 0.0367. The van der Waals surface area contributed by atoms with E-state index in [9.17, 15) is 0 Å². The van der Waals surface area contributed by atoms with E-state index in [0.717, 1.165) is 25.5 Å². The number of ether oxygens (including phenoxy) is 1. The average molecular weight is 231 g/mol. The number of hydrogen-bond acceptors (Lipinski definition) is 2. The lowest BCUT2D eigenvalue weighted by atomic mass is 10.0. The van der Waals surface area contributed by atoms with Gasteiger partial charge in [0.25, 0.3) is 0 Å². The van der Waals surface area contributed by atoms with Gasteiger partial charge in [-0.1, -0.05) is 31.0 Å². The first-order valence-electron chi connectivity index (χ1n) is 6.85. The zero-order valence-corrected chi connectivity index (χ0v) is 10.3. The van der Waals surface area contributed by atoms with Gasteiger partial charge in [0.15, 0.2) is 0 Å². The van der Waals surface area contributed by atoms with Gasteiger partial charge in [-0.3, -0.25) is 0 Å². The summed E-state index contributed by atoms with van der Waals surface area (Å²) in [5, 5.41) is 3.46. The smallest absolute Gasteiger partial charge is 0.0788 e. The van der Waals surface area contributed by atoms with E-state index in [1.54, 1.807) is 0 Å². The van der Waals surface area contributed by atoms with Crippen LogP contribution in [-0.4, -0.2) is 19.3 Å². The third kappa shape index (κ3) is 2.63. The fraction of sp³-hybridized carbons (Fsp3) is 0.600. The van der Waals surface area contributed by atoms with E-state index in [1.807, 2.05) is 0 Å². The Morgan fingerprint density at radius 2 is 2.00 bits per heavy atom. The Kier molecular flexibility index (Phi) is 3.32. The van der Waals surface area contributed by atoms with Crippen LogP contribution in [0.5, 0.6) is 0 Å². The number of para-hydroxylation sites is 1. The summed E-state index contributed by atoms with van der Waals surface area (Å²) in [7, 11) is 0. The van der Waals surface area contributed by atoms with Crippen molar-refractivity contribution in [1.29, 1.82) is 0 Å². The summed E-state index contributed by atoms with van der Waals surface area (Å²) in [6.07, 6.45) is 6.98. The maximum atomic E-state index is 6.06. The standard InChI is InChI=1S/C15H21NO/c1-2-6-12(5-1)11-17-14-9-13-7-3-4-8-15(13)16-10-14/h3-4,7-8,12,14,16H,1-2,5-6,9-11H2. The molecule has 2 aliphatic rings. The molecule has 0 saturated heterocycles. The van der Waals surface area contributed by atoms with Crippen LogP contribution < -0.4 is 5.32 Å². The van der Waals surface area contributed by atoms with Gasteiger partial charge in [-0.2, -0.15) is 0 Å². The highest BCUT2D eigenvalue weighted by atomic mass is 16.5. The van der Waals surface area contributed by atoms with E-state index in [1.165, 1.54) is 36.9 Å². The minimum atomic E-state index is 0.366. The average Bonchev–Trinajstić information content (AvgIpc) is 2.89. The molecule has 1 heterocycles. The molecule has 1 aliphatic heterocycles. The molecule has 1 atom stereocenters. The Labute approximate surface area is 103 Å². The molecule has 2 nitrogen and oxygen atoms in total. The van der Waals surface area contributed by atoms with E-state index < -0.39 is 0 Å². The number of fused-ring (bicyclic) bond motifs is 1. The Bertz CT molecular complexity index is 371. The molecule has 1 N–H and O–H groups in total. The van der Waals surface area contributed by atoms with Crippen LogP contribution in [0, 0.1) is 5.92 Å². The fourth-order valence-corrected chi connectivity index (χ4v) is 2.98. The van der Waals surface area contributed by atoms with E-state index in [4.69, 9.17) is 4.74 Å². The van der Waals surface area contributed by atoms with Crippen LogP contribution in [0.4, 0.5) is 5.69 Å². The first-order chi connectivity index (χ1) is 8.42. The summed E-state index contributed by atoms with van der Waals surface area (Å²) in [5.74, 6) is 0.826. The first kappa shape index (κ1) is 11.1. The Morgan fingerprint density at radius 3 is 2.88 bits per heavy atom. The van der Waals surface area contributed by atoms with Crippen molar-refractivity contribution in [3.8, 4) is 0 Å². The molecule has 1 saturated carbocycles. The monoisotopic (exact) mass is 231 g/mol. The van der Waals surface area contributed by atoms with Crippen LogP contribution in [0.15, 0.2) is 24.3 Å². The second kappa shape index (κ2) is 5.09. The molecule has 1 fully saturated rings. The first-order valence-corrected chi connectivity index (χ1v) is 6.85. The Morgan fingerprint density at radius 1 is 1.18 bits per heavy atom. The Balaban J connectivity index is 1.53. The topological polar surface area (TPSA) is 21.3 Å². The predicted octanol–water partition coefficient (Wildman–Crippen LogP) is 3.23. The number of rotatable bonds is 3. The largest absolute Gasteiger partial charge is 0.382 e. The molecule has 0 amide bonds. The number of benzene rings is 1. The summed E-state index contributed by atoms with van der Waals surface area (Å²) >= 11 is 0. The highest BCUT2D eigenvalue weighted by molar-refractivity contribution is 5.53. The van der Waals surface area contributed by atoms with Crippen LogP contribution in [0.25, 0.3) is 0 Å². The van der Waals surface area contributed by atoms with Crippen molar-refractivity contribution in [2.24, 2.45) is 5.92 Å². The zero-order chi connectivity index (χ0) is 11.5. The number of anilines is 1. The van der Waals surface area contributed by atoms with Crippen LogP contribution >= 0.6 is 0 Å². The minimum absolute atomic E-state index is 0.366. The third-order valence-corrected chi connectivity index (χ3v) is 4.03. The molecule has 0 aromatic heterocycles. The van der Waals surface area contributed by atoms with Gasteiger partial charge in [0.1, 0.15) is 0 Å². The maximum Gasteiger partial charge on any atom is 0.0788 e. The summed E-state index contributed by atoms with van der Waals surface area (Å²) in [6.45, 7) is 1.93. The summed E-state index contributed by atoms with van der Waals surface area (Å²) < 4.78 is 6.06. The second-order valence-corrected chi connectivity index (χ2v) is 5.35. The molecule has 1 aromatic carbocycles. The van der Waals surface area contributed by atoms with Crippen LogP contribution in [0.1, 0.15) is 31.2 Å². The highest BCUT2D eigenvalue weighted by Crippen LogP contribution is 2.27. The van der Waals surface area contributed by atoms with Crippen molar-refractivity contribution in [3.63, 3.8) is 0 Å². The van der Waals surface area contributed by atoms with Crippen molar-refractivity contribution in [2.75, 3.05) is 18.5 Å². The maximum absolute atomic E-state index is 6.06. The van der Waals surface area contributed by atoms with E-state index >= 15 is 0 Å². The molecule has 92 valence electrons. The molecule has 0 radical (unpaired) electrons. The number of hydrogen-bond donors (Lipinski definition) is 1. The van der Waals surface area contributed by atoms with Gasteiger partial charge in [0.2, 0.25) is 0 Å². The molecule has 17 heavy (non-hydrogen) atoms. The number of nitrogens with one attached hydrogen (secondary N) is 1. The summed E-state index contributed by atoms with van der Waals surface area (Å²) in [4.78, 5) is 0. The van der Waals surface area contributed by atoms with E-state index in [-0.39, 0.29) is 0 Å². The van der Waals surface area contributed by atoms with Gasteiger partial charge in [-0.15, -0.1) is 0 Å². The van der Waals surface area contributed by atoms with Gasteiger partial charge in [-0.05, 0) is 30.4 Å². The predicted molar refractivity (Wildman–Crippen MR) is 70.3 cm³/mol. The van der Waals surface area contributed by atoms with E-state index in [2.05, 4.69) is 29.6 Å². The SMILES string of the molecule is c1ccc2c(c1)CC(OCC1CCCC1)CN2. The molecule has 0 bridgehead atoms. The van der Waals surface area contributed by atoms with Crippen molar-refractivity contribution in [1.82, 2.24) is 0 Å². The van der Waals surface area contributed by atoms with Gasteiger partial charge in [0.05, 0.1) is 6.10 Å². The van der Waals surface area contributed by atoms with Crippen LogP contribution in [-0.2, 0) is 11.2 Å². The van der Waals surface area contributed by atoms with Crippen molar-refractivity contribution >= 4 is 5.69 Å². The zero-order valence-electron chi connectivity index (χ0n) is 10.3. The quantitative estimate of drug-likeness (QED) is 0.862. The highest BCUT2D eigenvalue weighted by Gasteiger charge is 2.21. The van der Waals surface area contributed by atoms with Crippen molar-refractivity contribution < 1.29 is 4.74 Å². The molecule has 1 unspecified atom stereocenters. The molecule has 1 aliphatic carbocycles. The molecular weight excluding hydrogens is 210 g/mol. The summed E-state index contributed by atoms with van der Waals surface area (Å²) in [5.41, 5.74) is 2.68. The van der Waals surface area contributed by atoms with Gasteiger partial charge >= 0.3 is 0 Å². The third-order valence-electron chi connectivity index (χ3n) is 4.03. The lowest BCUT2D eigenvalue weighted by Gasteiger charge is -2.27. The second-order valence-electron chi connectivity index (χ2n) is 5.35. The fourth-order valence-electron chi connectivity index (χ4n) is 2.98. The van der Waals surface area contributed by atoms with Gasteiger partial charge < -0.3 is 10.1 Å². The lowest BCUT2D eigenvalue weighted by Crippen LogP contribution is -2.31. The van der Waals surface area contributed by atoms with Crippen LogP contribution in [0.2, 0.25) is 0 Å². The molecule has 0 spiro atoms. The molecular formula is C15H21NO. The minimum Gasteiger partial charge on any atom is -0.382 e. The van der Waals surface area contributed by atoms with Gasteiger partial charge in [-0.25, -0.2) is 0 Å². The van der Waals surface area contributed by atoms with E-state index in [0.29, 0.717) is 6.10 Å². The summed E-state index contributed by atoms with van der Waals surface area (Å²) in [6, 6.07) is 8.56. The van der Waals surface area contributed by atoms with Crippen LogP contribution in [0.3, 0.4) is 0 Å². The van der Waals surface area contributed by atoms with Gasteiger partial charge in [0, 0.05) is 25.3 Å². The molecule has 2 heteroatoms. The van der Waals surface area contributed by atoms with Crippen molar-refractivity contribution in [3.05, 3.63) is 29.8 Å². The molecule has 3 rings (SSSR count). The Hall–Kier alpha value is -1.02. The normalized spacial score (nSPS) is 24.4.